The molecule has 8 heteroatoms. The number of oxime groups is 1. The van der Waals surface area contributed by atoms with Gasteiger partial charge >= 0.3 is 5.69 Å². The Labute approximate surface area is 108 Å². The summed E-state index contributed by atoms with van der Waals surface area (Å²) in [4.78, 5) is 11.8. The molecule has 2 aromatic rings. The number of benzene rings is 1. The van der Waals surface area contributed by atoms with Crippen LogP contribution in [0.25, 0.3) is 5.69 Å². The highest BCUT2D eigenvalue weighted by Crippen LogP contribution is 2.14. The van der Waals surface area contributed by atoms with Crippen molar-refractivity contribution in [3.8, 4) is 5.69 Å². The van der Waals surface area contributed by atoms with Crippen LogP contribution in [0.5, 0.6) is 0 Å². The zero-order valence-corrected chi connectivity index (χ0v) is 10.7. The van der Waals surface area contributed by atoms with Crippen molar-refractivity contribution in [2.45, 2.75) is 6.92 Å². The predicted octanol–water partition coefficient (Wildman–Crippen LogP) is 0.470. The summed E-state index contributed by atoms with van der Waals surface area (Å²) in [6.45, 7) is 1.89. The SMILES string of the molecule is Cc1cccc(-n2nnn(C)c2=O)c1C=NOS. The van der Waals surface area contributed by atoms with Gasteiger partial charge in [-0.2, -0.15) is 9.36 Å². The minimum atomic E-state index is -0.331. The molecule has 0 bridgehead atoms. The molecule has 0 saturated carbocycles. The molecule has 94 valence electrons. The van der Waals surface area contributed by atoms with E-state index in [1.165, 1.54) is 17.9 Å². The number of thiol groups is 1. The minimum absolute atomic E-state index is 0.331. The van der Waals surface area contributed by atoms with Crippen LogP contribution in [0.1, 0.15) is 11.1 Å². The van der Waals surface area contributed by atoms with Crippen molar-refractivity contribution >= 4 is 19.1 Å². The Morgan fingerprint density at radius 3 is 2.83 bits per heavy atom. The lowest BCUT2D eigenvalue weighted by molar-refractivity contribution is 0.417. The fourth-order valence-corrected chi connectivity index (χ4v) is 1.61. The van der Waals surface area contributed by atoms with Crippen LogP contribution in [0, 0.1) is 6.92 Å². The number of hydrogen-bond acceptors (Lipinski definition) is 6. The topological polar surface area (TPSA) is 74.3 Å². The summed E-state index contributed by atoms with van der Waals surface area (Å²) in [7, 11) is 1.53. The molecule has 1 aromatic heterocycles. The Morgan fingerprint density at radius 2 is 2.22 bits per heavy atom. The summed E-state index contributed by atoms with van der Waals surface area (Å²) in [6.07, 6.45) is 1.47. The summed E-state index contributed by atoms with van der Waals surface area (Å²) in [5, 5.41) is 11.1. The number of hydrogen-bond donors (Lipinski definition) is 1. The molecule has 0 N–H and O–H groups in total. The Kier molecular flexibility index (Phi) is 3.47. The molecule has 0 unspecified atom stereocenters. The van der Waals surface area contributed by atoms with Gasteiger partial charge in [-0.05, 0) is 29.0 Å². The first-order valence-electron chi connectivity index (χ1n) is 5.08. The average molecular weight is 265 g/mol. The largest absolute Gasteiger partial charge is 0.368 e. The zero-order valence-electron chi connectivity index (χ0n) is 9.81. The van der Waals surface area contributed by atoms with E-state index in [4.69, 9.17) is 0 Å². The molecular formula is C10H11N5O2S. The first-order valence-corrected chi connectivity index (χ1v) is 5.44. The fourth-order valence-electron chi connectivity index (χ4n) is 1.56. The molecule has 0 atom stereocenters. The standard InChI is InChI=1S/C10H11N5O2S/c1-7-4-3-5-9(8(7)6-11-17-18)15-10(16)14(2)12-13-15/h3-6,18H,1-2H3. The van der Waals surface area contributed by atoms with E-state index in [1.807, 2.05) is 19.1 Å². The smallest absolute Gasteiger partial charge is 0.326 e. The molecule has 0 aliphatic rings. The molecule has 0 spiro atoms. The Morgan fingerprint density at radius 1 is 1.44 bits per heavy atom. The van der Waals surface area contributed by atoms with Gasteiger partial charge in [-0.25, -0.2) is 4.79 Å². The summed E-state index contributed by atoms with van der Waals surface area (Å²) >= 11 is 3.53. The van der Waals surface area contributed by atoms with Gasteiger partial charge in [-0.1, -0.05) is 17.3 Å². The van der Waals surface area contributed by atoms with Crippen LogP contribution < -0.4 is 5.69 Å². The number of nitrogens with zero attached hydrogens (tertiary/aromatic N) is 5. The number of aromatic nitrogens is 4. The maximum absolute atomic E-state index is 11.8. The summed E-state index contributed by atoms with van der Waals surface area (Å²) < 4.78 is 6.71. The molecule has 1 heterocycles. The molecule has 0 amide bonds. The highest BCUT2D eigenvalue weighted by molar-refractivity contribution is 7.75. The van der Waals surface area contributed by atoms with E-state index in [-0.39, 0.29) is 5.69 Å². The second-order valence-corrected chi connectivity index (χ2v) is 3.78. The van der Waals surface area contributed by atoms with Crippen LogP contribution in [0.3, 0.4) is 0 Å². The third-order valence-corrected chi connectivity index (χ3v) is 2.57. The monoisotopic (exact) mass is 265 g/mol. The lowest BCUT2D eigenvalue weighted by atomic mass is 10.1. The van der Waals surface area contributed by atoms with E-state index in [0.717, 1.165) is 10.2 Å². The van der Waals surface area contributed by atoms with Crippen molar-refractivity contribution in [2.75, 3.05) is 0 Å². The Hall–Kier alpha value is -2.09. The van der Waals surface area contributed by atoms with Gasteiger partial charge in [-0.3, -0.25) is 0 Å². The van der Waals surface area contributed by atoms with Gasteiger partial charge in [0.15, 0.2) is 0 Å². The van der Waals surface area contributed by atoms with Crippen LogP contribution in [0.2, 0.25) is 0 Å². The first kappa shape index (κ1) is 12.4. The Balaban J connectivity index is 2.64. The normalized spacial score (nSPS) is 11.1. The van der Waals surface area contributed by atoms with Crippen molar-refractivity contribution in [3.05, 3.63) is 39.8 Å². The minimum Gasteiger partial charge on any atom is -0.326 e. The molecule has 0 aliphatic heterocycles. The quantitative estimate of drug-likeness (QED) is 0.379. The second kappa shape index (κ2) is 5.05. The van der Waals surface area contributed by atoms with Gasteiger partial charge in [0.05, 0.1) is 24.8 Å². The van der Waals surface area contributed by atoms with E-state index in [2.05, 4.69) is 32.8 Å². The second-order valence-electron chi connectivity index (χ2n) is 3.62. The van der Waals surface area contributed by atoms with Crippen LogP contribution in [0.15, 0.2) is 28.1 Å². The van der Waals surface area contributed by atoms with Crippen molar-refractivity contribution in [2.24, 2.45) is 12.2 Å². The molecular weight excluding hydrogens is 254 g/mol. The lowest BCUT2D eigenvalue weighted by Crippen LogP contribution is -2.23. The molecule has 0 aliphatic carbocycles. The molecule has 1 aromatic carbocycles. The third-order valence-electron chi connectivity index (χ3n) is 2.48. The van der Waals surface area contributed by atoms with E-state index in [9.17, 15) is 4.79 Å². The van der Waals surface area contributed by atoms with Gasteiger partial charge in [-0.15, -0.1) is 0 Å². The van der Waals surface area contributed by atoms with Gasteiger partial charge in [0, 0.05) is 12.6 Å². The van der Waals surface area contributed by atoms with Crippen LogP contribution in [-0.4, -0.2) is 26.0 Å². The van der Waals surface area contributed by atoms with Crippen LogP contribution in [0.4, 0.5) is 0 Å². The van der Waals surface area contributed by atoms with Crippen molar-refractivity contribution in [1.29, 1.82) is 0 Å². The summed E-state index contributed by atoms with van der Waals surface area (Å²) in [5.41, 5.74) is 1.90. The molecule has 0 radical (unpaired) electrons. The molecule has 0 fully saturated rings. The van der Waals surface area contributed by atoms with E-state index >= 15 is 0 Å². The van der Waals surface area contributed by atoms with E-state index in [0.29, 0.717) is 11.3 Å². The maximum atomic E-state index is 11.8. The molecule has 18 heavy (non-hydrogen) atoms. The van der Waals surface area contributed by atoms with Crippen LogP contribution >= 0.6 is 12.9 Å². The molecule has 0 saturated heterocycles. The highest BCUT2D eigenvalue weighted by atomic mass is 32.1. The van der Waals surface area contributed by atoms with Crippen LogP contribution in [-0.2, 0) is 11.3 Å². The molecule has 2 rings (SSSR count). The lowest BCUT2D eigenvalue weighted by Gasteiger charge is -2.06. The van der Waals surface area contributed by atoms with Gasteiger partial charge < -0.3 is 4.28 Å². The number of rotatable bonds is 3. The summed E-state index contributed by atoms with van der Waals surface area (Å²) in [5.74, 6) is 0. The number of aryl methyl sites for hydroxylation is 2. The first-order chi connectivity index (χ1) is 8.65. The zero-order chi connectivity index (χ0) is 13.1. The average Bonchev–Trinajstić information content (AvgIpc) is 2.68. The van der Waals surface area contributed by atoms with Gasteiger partial charge in [0.1, 0.15) is 0 Å². The molecule has 7 nitrogen and oxygen atoms in total. The van der Waals surface area contributed by atoms with Crippen molar-refractivity contribution < 1.29 is 4.28 Å². The highest BCUT2D eigenvalue weighted by Gasteiger charge is 2.11. The third kappa shape index (κ3) is 2.14. The summed E-state index contributed by atoms with van der Waals surface area (Å²) in [6, 6.07) is 5.47. The Bertz CT molecular complexity index is 646. The predicted molar refractivity (Wildman–Crippen MR) is 69.0 cm³/mol. The van der Waals surface area contributed by atoms with Crippen molar-refractivity contribution in [3.63, 3.8) is 0 Å². The van der Waals surface area contributed by atoms with Crippen molar-refractivity contribution in [1.82, 2.24) is 19.8 Å². The maximum Gasteiger partial charge on any atom is 0.368 e. The van der Waals surface area contributed by atoms with E-state index in [1.54, 1.807) is 6.07 Å². The van der Waals surface area contributed by atoms with Gasteiger partial charge in [0.2, 0.25) is 0 Å². The number of tetrazole rings is 1. The van der Waals surface area contributed by atoms with Gasteiger partial charge in [0.25, 0.3) is 0 Å². The van der Waals surface area contributed by atoms with E-state index < -0.39 is 0 Å². The fraction of sp³-hybridized carbons (Fsp3) is 0.200.